The quantitative estimate of drug-likeness (QED) is 0.864. The predicted octanol–water partition coefficient (Wildman–Crippen LogP) is 4.28. The van der Waals surface area contributed by atoms with E-state index in [9.17, 15) is 4.39 Å². The van der Waals surface area contributed by atoms with Gasteiger partial charge in [-0.05, 0) is 36.1 Å². The molecule has 0 aliphatic carbocycles. The zero-order valence-corrected chi connectivity index (χ0v) is 14.3. The number of piperazine rings is 1. The summed E-state index contributed by atoms with van der Waals surface area (Å²) in [4.78, 5) is 2.46. The maximum atomic E-state index is 13.7. The number of halogens is 3. The molecule has 1 aliphatic rings. The van der Waals surface area contributed by atoms with Crippen LogP contribution in [0.3, 0.4) is 0 Å². The second-order valence-electron chi connectivity index (χ2n) is 5.70. The predicted molar refractivity (Wildman–Crippen MR) is 89.9 cm³/mol. The van der Waals surface area contributed by atoms with E-state index in [1.54, 1.807) is 6.07 Å². The molecule has 0 radical (unpaired) electrons. The van der Waals surface area contributed by atoms with Crippen LogP contribution in [0.2, 0.25) is 5.02 Å². The Hall–Kier alpha value is -0.350. The van der Waals surface area contributed by atoms with E-state index in [0.29, 0.717) is 10.9 Å². The summed E-state index contributed by atoms with van der Waals surface area (Å²) in [6.45, 7) is 8.47. The van der Waals surface area contributed by atoms with Crippen LogP contribution < -0.4 is 5.32 Å². The van der Waals surface area contributed by atoms with Crippen LogP contribution in [0.1, 0.15) is 38.3 Å². The minimum Gasteiger partial charge on any atom is -0.314 e. The van der Waals surface area contributed by atoms with Gasteiger partial charge in [-0.25, -0.2) is 4.39 Å². The van der Waals surface area contributed by atoms with Crippen molar-refractivity contribution >= 4 is 24.0 Å². The molecule has 0 spiro atoms. The lowest BCUT2D eigenvalue weighted by molar-refractivity contribution is 0.126. The maximum absolute atomic E-state index is 13.7. The Labute approximate surface area is 138 Å². The summed E-state index contributed by atoms with van der Waals surface area (Å²) in [7, 11) is 0. The van der Waals surface area contributed by atoms with E-state index in [1.807, 2.05) is 6.07 Å². The lowest BCUT2D eigenvalue weighted by Gasteiger charge is -2.38. The lowest BCUT2D eigenvalue weighted by Crippen LogP contribution is -2.46. The standard InChI is InChI=1S/C16H24ClFN2.ClH/c1-3-4-12(2)16(20-7-5-19-6-8-20)13-9-14(17)11-15(18)10-13;/h9-12,16,19H,3-8H2,1-2H3;1H/t12?,16-;/m0./s1. The first-order valence-electron chi connectivity index (χ1n) is 7.52. The fraction of sp³-hybridized carbons (Fsp3) is 0.625. The molecule has 2 atom stereocenters. The van der Waals surface area contributed by atoms with E-state index in [1.165, 1.54) is 6.07 Å². The van der Waals surface area contributed by atoms with Crippen LogP contribution in [0.4, 0.5) is 4.39 Å². The molecule has 21 heavy (non-hydrogen) atoms. The Bertz CT molecular complexity index is 416. The van der Waals surface area contributed by atoms with Gasteiger partial charge in [-0.1, -0.05) is 31.9 Å². The van der Waals surface area contributed by atoms with E-state index < -0.39 is 0 Å². The Morgan fingerprint density at radius 2 is 1.95 bits per heavy atom. The third kappa shape index (κ3) is 5.10. The molecule has 1 unspecified atom stereocenters. The van der Waals surface area contributed by atoms with Crippen molar-refractivity contribution in [1.82, 2.24) is 10.2 Å². The molecular formula is C16H25Cl2FN2. The number of nitrogens with one attached hydrogen (secondary N) is 1. The first kappa shape index (κ1) is 18.7. The van der Waals surface area contributed by atoms with Gasteiger partial charge < -0.3 is 5.32 Å². The first-order valence-corrected chi connectivity index (χ1v) is 7.90. The minimum atomic E-state index is -0.240. The van der Waals surface area contributed by atoms with Gasteiger partial charge in [-0.2, -0.15) is 0 Å². The van der Waals surface area contributed by atoms with Crippen LogP contribution >= 0.6 is 24.0 Å². The van der Waals surface area contributed by atoms with E-state index in [-0.39, 0.29) is 24.3 Å². The SMILES string of the molecule is CCCC(C)[C@@H](c1cc(F)cc(Cl)c1)N1CCNCC1.Cl. The normalized spacial score (nSPS) is 18.9. The van der Waals surface area contributed by atoms with Crippen molar-refractivity contribution in [2.24, 2.45) is 5.92 Å². The molecule has 0 amide bonds. The second kappa shape index (κ2) is 8.94. The van der Waals surface area contributed by atoms with Crippen molar-refractivity contribution in [3.05, 3.63) is 34.6 Å². The van der Waals surface area contributed by atoms with E-state index >= 15 is 0 Å². The van der Waals surface area contributed by atoms with Crippen LogP contribution in [0, 0.1) is 11.7 Å². The van der Waals surface area contributed by atoms with Gasteiger partial charge in [-0.3, -0.25) is 4.90 Å². The highest BCUT2D eigenvalue weighted by molar-refractivity contribution is 6.30. The lowest BCUT2D eigenvalue weighted by atomic mass is 9.89. The average molecular weight is 335 g/mol. The monoisotopic (exact) mass is 334 g/mol. The Balaban J connectivity index is 0.00000220. The smallest absolute Gasteiger partial charge is 0.125 e. The van der Waals surface area contributed by atoms with Crippen LogP contribution in [-0.4, -0.2) is 31.1 Å². The summed E-state index contributed by atoms with van der Waals surface area (Å²) in [5, 5.41) is 3.86. The molecule has 0 aromatic heterocycles. The molecule has 1 aromatic rings. The first-order chi connectivity index (χ1) is 9.61. The van der Waals surface area contributed by atoms with E-state index in [4.69, 9.17) is 11.6 Å². The van der Waals surface area contributed by atoms with Crippen molar-refractivity contribution in [2.75, 3.05) is 26.2 Å². The Morgan fingerprint density at radius 1 is 1.29 bits per heavy atom. The molecule has 1 fully saturated rings. The van der Waals surface area contributed by atoms with Crippen molar-refractivity contribution in [1.29, 1.82) is 0 Å². The highest BCUT2D eigenvalue weighted by atomic mass is 35.5. The van der Waals surface area contributed by atoms with Crippen LogP contribution in [0.5, 0.6) is 0 Å². The van der Waals surface area contributed by atoms with Crippen LogP contribution in [-0.2, 0) is 0 Å². The number of benzene rings is 1. The number of hydrogen-bond donors (Lipinski definition) is 1. The van der Waals surface area contributed by atoms with Gasteiger partial charge in [0, 0.05) is 37.2 Å². The average Bonchev–Trinajstić information content (AvgIpc) is 2.39. The summed E-state index contributed by atoms with van der Waals surface area (Å²) in [5.74, 6) is 0.257. The molecule has 1 aromatic carbocycles. The number of hydrogen-bond acceptors (Lipinski definition) is 2. The summed E-state index contributed by atoms with van der Waals surface area (Å²) in [6, 6.07) is 5.20. The fourth-order valence-corrected chi connectivity index (χ4v) is 3.45. The van der Waals surface area contributed by atoms with Crippen molar-refractivity contribution in [2.45, 2.75) is 32.7 Å². The third-order valence-corrected chi connectivity index (χ3v) is 4.27. The minimum absolute atomic E-state index is 0. The molecule has 120 valence electrons. The molecule has 2 nitrogen and oxygen atoms in total. The van der Waals surface area contributed by atoms with Crippen molar-refractivity contribution in [3.8, 4) is 0 Å². The molecule has 1 saturated heterocycles. The van der Waals surface area contributed by atoms with Gasteiger partial charge in [0.25, 0.3) is 0 Å². The summed E-state index contributed by atoms with van der Waals surface area (Å²) in [6.07, 6.45) is 2.29. The molecule has 0 bridgehead atoms. The van der Waals surface area contributed by atoms with E-state index in [0.717, 1.165) is 44.6 Å². The van der Waals surface area contributed by atoms with Crippen LogP contribution in [0.15, 0.2) is 18.2 Å². The highest BCUT2D eigenvalue weighted by Crippen LogP contribution is 2.33. The number of nitrogens with zero attached hydrogens (tertiary/aromatic N) is 1. The molecule has 2 rings (SSSR count). The third-order valence-electron chi connectivity index (χ3n) is 4.05. The summed E-state index contributed by atoms with van der Waals surface area (Å²) >= 11 is 6.04. The maximum Gasteiger partial charge on any atom is 0.125 e. The van der Waals surface area contributed by atoms with Gasteiger partial charge in [0.05, 0.1) is 0 Å². The number of rotatable bonds is 5. The highest BCUT2D eigenvalue weighted by Gasteiger charge is 2.27. The molecular weight excluding hydrogens is 310 g/mol. The zero-order chi connectivity index (χ0) is 14.5. The van der Waals surface area contributed by atoms with Gasteiger partial charge >= 0.3 is 0 Å². The molecule has 1 aliphatic heterocycles. The fourth-order valence-electron chi connectivity index (χ4n) is 3.22. The Morgan fingerprint density at radius 3 is 2.52 bits per heavy atom. The van der Waals surface area contributed by atoms with Gasteiger partial charge in [0.15, 0.2) is 0 Å². The topological polar surface area (TPSA) is 15.3 Å². The van der Waals surface area contributed by atoms with Gasteiger partial charge in [-0.15, -0.1) is 12.4 Å². The second-order valence-corrected chi connectivity index (χ2v) is 6.14. The zero-order valence-electron chi connectivity index (χ0n) is 12.7. The Kier molecular flexibility index (Phi) is 7.96. The van der Waals surface area contributed by atoms with E-state index in [2.05, 4.69) is 24.1 Å². The van der Waals surface area contributed by atoms with Crippen molar-refractivity contribution < 1.29 is 4.39 Å². The van der Waals surface area contributed by atoms with Gasteiger partial charge in [0.1, 0.15) is 5.82 Å². The molecule has 0 saturated carbocycles. The summed E-state index contributed by atoms with van der Waals surface area (Å²) < 4.78 is 13.7. The largest absolute Gasteiger partial charge is 0.314 e. The van der Waals surface area contributed by atoms with Crippen molar-refractivity contribution in [3.63, 3.8) is 0 Å². The molecule has 1 N–H and O–H groups in total. The molecule has 5 heteroatoms. The van der Waals surface area contributed by atoms with Crippen LogP contribution in [0.25, 0.3) is 0 Å². The summed E-state index contributed by atoms with van der Waals surface area (Å²) in [5.41, 5.74) is 1.01. The van der Waals surface area contributed by atoms with Gasteiger partial charge in [0.2, 0.25) is 0 Å². The molecule has 1 heterocycles.